The molecule has 8 heteroatoms. The number of sulfonamides is 1. The smallest absolute Gasteiger partial charge is 0.239 e. The minimum Gasteiger partial charge on any atom is -0.239 e. The first kappa shape index (κ1) is 13.1. The molecule has 0 fully saturated rings. The van der Waals surface area contributed by atoms with Crippen molar-refractivity contribution in [2.75, 3.05) is 3.82 Å². The second-order valence-corrected chi connectivity index (χ2v) is 5.89. The Kier molecular flexibility index (Phi) is 3.70. The second kappa shape index (κ2) is 5.09. The average Bonchev–Trinajstić information content (AvgIpc) is 2.39. The Morgan fingerprint density at radius 3 is 2.28 bits per heavy atom. The Morgan fingerprint density at radius 2 is 1.67 bits per heavy atom. The van der Waals surface area contributed by atoms with Crippen LogP contribution in [0.1, 0.15) is 0 Å². The molecule has 18 heavy (non-hydrogen) atoms. The van der Waals surface area contributed by atoms with Gasteiger partial charge < -0.3 is 0 Å². The molecule has 0 aliphatic carbocycles. The van der Waals surface area contributed by atoms with Gasteiger partial charge in [0.2, 0.25) is 0 Å². The van der Waals surface area contributed by atoms with Crippen molar-refractivity contribution in [1.29, 1.82) is 0 Å². The van der Waals surface area contributed by atoms with Crippen LogP contribution >= 0.6 is 23.4 Å². The van der Waals surface area contributed by atoms with E-state index in [1.165, 1.54) is 24.5 Å². The maximum Gasteiger partial charge on any atom is 0.279 e. The van der Waals surface area contributed by atoms with Gasteiger partial charge in [0.1, 0.15) is 0 Å². The largest absolute Gasteiger partial charge is 0.279 e. The van der Waals surface area contributed by atoms with Gasteiger partial charge in [-0.25, -0.2) is 9.97 Å². The van der Waals surface area contributed by atoms with E-state index in [1.54, 1.807) is 18.2 Å². The molecular weight excluding hydrogens is 297 g/mol. The third-order valence-electron chi connectivity index (χ3n) is 2.05. The highest BCUT2D eigenvalue weighted by molar-refractivity contribution is 7.94. The van der Waals surface area contributed by atoms with Crippen molar-refractivity contribution in [1.82, 2.24) is 9.97 Å². The second-order valence-electron chi connectivity index (χ2n) is 3.20. The zero-order valence-corrected chi connectivity index (χ0v) is 11.2. The zero-order valence-electron chi connectivity index (χ0n) is 8.86. The van der Waals surface area contributed by atoms with Crippen molar-refractivity contribution in [2.24, 2.45) is 0 Å². The predicted octanol–water partition coefficient (Wildman–Crippen LogP) is 2.48. The molecule has 0 spiro atoms. The third kappa shape index (κ3) is 2.40. The number of benzene rings is 1. The van der Waals surface area contributed by atoms with Crippen LogP contribution in [0.2, 0.25) is 5.15 Å². The van der Waals surface area contributed by atoms with Crippen LogP contribution in [0.15, 0.2) is 47.6 Å². The summed E-state index contributed by atoms with van der Waals surface area (Å²) in [6.45, 7) is 0. The first-order chi connectivity index (χ1) is 8.53. The lowest BCUT2D eigenvalue weighted by atomic mass is 10.4. The highest BCUT2D eigenvalue weighted by Gasteiger charge is 2.26. The predicted molar refractivity (Wildman–Crippen MR) is 69.0 cm³/mol. The topological polar surface area (TPSA) is 63.2 Å². The van der Waals surface area contributed by atoms with Gasteiger partial charge in [-0.3, -0.25) is 0 Å². The molecule has 2 rings (SSSR count). The van der Waals surface area contributed by atoms with Crippen LogP contribution in [0, 0.1) is 0 Å². The van der Waals surface area contributed by atoms with Gasteiger partial charge in [-0.2, -0.15) is 12.2 Å². The lowest BCUT2D eigenvalue weighted by Gasteiger charge is -2.15. The number of hydrogen-bond acceptors (Lipinski definition) is 4. The van der Waals surface area contributed by atoms with Gasteiger partial charge in [0.05, 0.1) is 4.90 Å². The summed E-state index contributed by atoms with van der Waals surface area (Å²) in [6, 6.07) is 7.74. The summed E-state index contributed by atoms with van der Waals surface area (Å²) < 4.78 is 24.8. The Hall–Kier alpha value is -1.37. The molecule has 2 aromatic rings. The van der Waals surface area contributed by atoms with Gasteiger partial charge in [-0.1, -0.05) is 29.8 Å². The highest BCUT2D eigenvalue weighted by Crippen LogP contribution is 2.28. The molecule has 1 aromatic heterocycles. The van der Waals surface area contributed by atoms with Gasteiger partial charge in [-0.05, 0) is 12.1 Å². The molecule has 0 aliphatic heterocycles. The lowest BCUT2D eigenvalue weighted by Crippen LogP contribution is -2.22. The molecule has 5 nitrogen and oxygen atoms in total. The minimum atomic E-state index is -3.90. The van der Waals surface area contributed by atoms with Gasteiger partial charge >= 0.3 is 0 Å². The molecule has 0 unspecified atom stereocenters. The molecule has 0 bridgehead atoms. The molecule has 0 N–H and O–H groups in total. The Bertz CT molecular complexity index is 649. The van der Waals surface area contributed by atoms with E-state index in [0.29, 0.717) is 3.82 Å². The first-order valence-corrected chi connectivity index (χ1v) is 6.92. The van der Waals surface area contributed by atoms with Crippen LogP contribution in [-0.2, 0) is 10.0 Å². The number of halogens is 2. The molecule has 0 saturated carbocycles. The monoisotopic (exact) mass is 303 g/mol. The molecule has 1 heterocycles. The maximum absolute atomic E-state index is 12.2. The van der Waals surface area contributed by atoms with E-state index in [1.807, 2.05) is 0 Å². The van der Waals surface area contributed by atoms with Crippen molar-refractivity contribution >= 4 is 39.2 Å². The summed E-state index contributed by atoms with van der Waals surface area (Å²) in [7, 11) is -3.90. The SMILES string of the molecule is O=S(=O)(c1ccccc1)N(Cl)c1nccnc1Cl. The average molecular weight is 304 g/mol. The molecule has 0 saturated heterocycles. The molecule has 0 radical (unpaired) electrons. The van der Waals surface area contributed by atoms with E-state index >= 15 is 0 Å². The standard InChI is InChI=1S/C10H7Cl2N3O2S/c11-9-10(14-7-6-13-9)15(12)18(16,17)8-4-2-1-3-5-8/h1-7H. The van der Waals surface area contributed by atoms with Gasteiger partial charge in [0.25, 0.3) is 10.0 Å². The maximum atomic E-state index is 12.2. The van der Waals surface area contributed by atoms with Crippen LogP contribution in [0.4, 0.5) is 5.82 Å². The zero-order chi connectivity index (χ0) is 13.2. The van der Waals surface area contributed by atoms with E-state index < -0.39 is 10.0 Å². The van der Waals surface area contributed by atoms with E-state index in [4.69, 9.17) is 23.4 Å². The Balaban J connectivity index is 2.47. The quantitative estimate of drug-likeness (QED) is 0.817. The molecule has 1 aromatic carbocycles. The summed E-state index contributed by atoms with van der Waals surface area (Å²) in [6.07, 6.45) is 2.64. The van der Waals surface area contributed by atoms with E-state index in [-0.39, 0.29) is 15.9 Å². The fourth-order valence-electron chi connectivity index (χ4n) is 1.23. The fraction of sp³-hybridized carbons (Fsp3) is 0. The number of anilines is 1. The summed E-state index contributed by atoms with van der Waals surface area (Å²) in [5, 5.41) is -0.0907. The normalized spacial score (nSPS) is 11.2. The molecule has 0 atom stereocenters. The minimum absolute atomic E-state index is 0.0433. The first-order valence-electron chi connectivity index (χ1n) is 4.76. The van der Waals surface area contributed by atoms with Crippen LogP contribution in [0.25, 0.3) is 0 Å². The lowest BCUT2D eigenvalue weighted by molar-refractivity contribution is 0.597. The van der Waals surface area contributed by atoms with Gasteiger partial charge in [0.15, 0.2) is 11.0 Å². The van der Waals surface area contributed by atoms with Crippen LogP contribution in [-0.4, -0.2) is 18.4 Å². The molecular formula is C10H7Cl2N3O2S. The summed E-state index contributed by atoms with van der Waals surface area (Å²) in [5.41, 5.74) is 0. The van der Waals surface area contributed by atoms with Gasteiger partial charge in [0, 0.05) is 24.2 Å². The third-order valence-corrected chi connectivity index (χ3v) is 4.49. The van der Waals surface area contributed by atoms with E-state index in [0.717, 1.165) is 0 Å². The number of rotatable bonds is 3. The molecule has 94 valence electrons. The van der Waals surface area contributed by atoms with E-state index in [2.05, 4.69) is 9.97 Å². The number of aromatic nitrogens is 2. The molecule has 0 aliphatic rings. The summed E-state index contributed by atoms with van der Waals surface area (Å²) in [4.78, 5) is 7.55. The van der Waals surface area contributed by atoms with Crippen molar-refractivity contribution in [3.63, 3.8) is 0 Å². The van der Waals surface area contributed by atoms with Crippen LogP contribution in [0.5, 0.6) is 0 Å². The Labute approximate surface area is 114 Å². The Morgan fingerprint density at radius 1 is 1.06 bits per heavy atom. The van der Waals surface area contributed by atoms with Crippen molar-refractivity contribution < 1.29 is 8.42 Å². The van der Waals surface area contributed by atoms with Crippen LogP contribution < -0.4 is 3.82 Å². The summed E-state index contributed by atoms with van der Waals surface area (Å²) in [5.74, 6) is -0.135. The van der Waals surface area contributed by atoms with Crippen molar-refractivity contribution in [3.05, 3.63) is 47.9 Å². The fourth-order valence-corrected chi connectivity index (χ4v) is 2.92. The molecule has 0 amide bonds. The van der Waals surface area contributed by atoms with Crippen LogP contribution in [0.3, 0.4) is 0 Å². The summed E-state index contributed by atoms with van der Waals surface area (Å²) >= 11 is 11.5. The number of hydrogen-bond donors (Lipinski definition) is 0. The van der Waals surface area contributed by atoms with Crippen molar-refractivity contribution in [2.45, 2.75) is 4.90 Å². The van der Waals surface area contributed by atoms with Crippen molar-refractivity contribution in [3.8, 4) is 0 Å². The number of nitrogens with zero attached hydrogens (tertiary/aromatic N) is 3. The highest BCUT2D eigenvalue weighted by atomic mass is 35.5. The van der Waals surface area contributed by atoms with E-state index in [9.17, 15) is 8.42 Å². The van der Waals surface area contributed by atoms with Gasteiger partial charge in [-0.15, -0.1) is 0 Å².